The summed E-state index contributed by atoms with van der Waals surface area (Å²) in [7, 11) is -3.66. The molecule has 0 atom stereocenters. The molecule has 1 aliphatic carbocycles. The summed E-state index contributed by atoms with van der Waals surface area (Å²) in [5, 5.41) is 14.5. The molecule has 0 unspecified atom stereocenters. The van der Waals surface area contributed by atoms with Gasteiger partial charge in [-0.05, 0) is 36.5 Å². The van der Waals surface area contributed by atoms with Crippen LogP contribution in [-0.2, 0) is 9.84 Å². The van der Waals surface area contributed by atoms with Gasteiger partial charge in [-0.1, -0.05) is 36.4 Å². The zero-order valence-corrected chi connectivity index (χ0v) is 14.0. The van der Waals surface area contributed by atoms with Gasteiger partial charge in [0, 0.05) is 12.3 Å². The summed E-state index contributed by atoms with van der Waals surface area (Å²) in [6.45, 7) is 0. The lowest BCUT2D eigenvalue weighted by atomic mass is 9.76. The Kier molecular flexibility index (Phi) is 4.28. The van der Waals surface area contributed by atoms with Gasteiger partial charge in [0.2, 0.25) is 0 Å². The molecule has 1 fully saturated rings. The third-order valence-electron chi connectivity index (χ3n) is 4.35. The average molecular weight is 346 g/mol. The second-order valence-corrected chi connectivity index (χ2v) is 8.09. The lowest BCUT2D eigenvalue weighted by Gasteiger charge is -2.36. The number of nitro benzene ring substituents is 1. The molecule has 1 aliphatic rings. The Morgan fingerprint density at radius 2 is 1.75 bits per heavy atom. The van der Waals surface area contributed by atoms with E-state index in [1.165, 1.54) is 17.7 Å². The van der Waals surface area contributed by atoms with Crippen molar-refractivity contribution < 1.29 is 13.3 Å². The van der Waals surface area contributed by atoms with Crippen molar-refractivity contribution in [2.24, 2.45) is 0 Å². The van der Waals surface area contributed by atoms with Gasteiger partial charge in [-0.2, -0.15) is 0 Å². The fourth-order valence-electron chi connectivity index (χ4n) is 3.08. The molecule has 0 bridgehead atoms. The molecule has 3 rings (SSSR count). The molecule has 0 heterocycles. The summed E-state index contributed by atoms with van der Waals surface area (Å²) in [6, 6.07) is 14.6. The Labute approximate surface area is 140 Å². The topological polar surface area (TPSA) is 89.3 Å². The summed E-state index contributed by atoms with van der Waals surface area (Å²) in [6.07, 6.45) is 2.71. The molecule has 1 N–H and O–H groups in total. The van der Waals surface area contributed by atoms with Crippen LogP contribution in [0.5, 0.6) is 0 Å². The molecule has 24 heavy (non-hydrogen) atoms. The highest BCUT2D eigenvalue weighted by Gasteiger charge is 2.33. The molecule has 0 radical (unpaired) electrons. The Balaban J connectivity index is 1.79. The van der Waals surface area contributed by atoms with E-state index in [4.69, 9.17) is 0 Å². The fourth-order valence-corrected chi connectivity index (χ4v) is 3.94. The van der Waals surface area contributed by atoms with E-state index in [1.807, 2.05) is 18.2 Å². The number of hydrogen-bond donors (Lipinski definition) is 1. The smallest absolute Gasteiger partial charge is 0.310 e. The van der Waals surface area contributed by atoms with Crippen molar-refractivity contribution in [1.29, 1.82) is 0 Å². The molecular weight excluding hydrogens is 328 g/mol. The minimum Gasteiger partial charge on any atom is -0.377 e. The number of hydrogen-bond acceptors (Lipinski definition) is 5. The molecule has 1 saturated carbocycles. The van der Waals surface area contributed by atoms with Crippen molar-refractivity contribution in [2.75, 3.05) is 11.6 Å². The van der Waals surface area contributed by atoms with Crippen LogP contribution in [0.25, 0.3) is 0 Å². The maximum Gasteiger partial charge on any atom is 0.310 e. The number of rotatable bonds is 5. The average Bonchev–Trinajstić information content (AvgIpc) is 2.50. The molecule has 2 aromatic rings. The van der Waals surface area contributed by atoms with Gasteiger partial charge < -0.3 is 5.32 Å². The predicted octanol–water partition coefficient (Wildman–Crippen LogP) is 3.36. The van der Waals surface area contributed by atoms with Crippen LogP contribution >= 0.6 is 0 Å². The highest BCUT2D eigenvalue weighted by atomic mass is 32.2. The van der Waals surface area contributed by atoms with Gasteiger partial charge >= 0.3 is 5.69 Å². The molecule has 0 saturated heterocycles. The van der Waals surface area contributed by atoms with Crippen LogP contribution in [0.1, 0.15) is 24.3 Å². The van der Waals surface area contributed by atoms with Gasteiger partial charge in [-0.3, -0.25) is 10.1 Å². The van der Waals surface area contributed by atoms with E-state index in [-0.39, 0.29) is 22.3 Å². The number of para-hydroxylation sites is 1. The largest absolute Gasteiger partial charge is 0.377 e. The molecular formula is C17H18N2O4S. The Bertz CT molecular complexity index is 859. The van der Waals surface area contributed by atoms with Crippen LogP contribution in [0.3, 0.4) is 0 Å². The molecule has 0 amide bonds. The van der Waals surface area contributed by atoms with E-state index in [1.54, 1.807) is 6.07 Å². The maximum atomic E-state index is 11.8. The SMILES string of the molecule is CS(=O)(=O)c1cccc(NC2CC(c3ccccc3)C2)c1[N+](=O)[O-]. The van der Waals surface area contributed by atoms with Crippen LogP contribution in [-0.4, -0.2) is 25.6 Å². The van der Waals surface area contributed by atoms with Gasteiger partial charge in [0.25, 0.3) is 0 Å². The Morgan fingerprint density at radius 1 is 1.08 bits per heavy atom. The van der Waals surface area contributed by atoms with Crippen LogP contribution < -0.4 is 5.32 Å². The summed E-state index contributed by atoms with van der Waals surface area (Å²) in [4.78, 5) is 10.5. The number of nitrogens with zero attached hydrogens (tertiary/aromatic N) is 1. The number of nitro groups is 1. The van der Waals surface area contributed by atoms with E-state index in [2.05, 4.69) is 17.4 Å². The van der Waals surface area contributed by atoms with Gasteiger partial charge in [0.1, 0.15) is 10.6 Å². The quantitative estimate of drug-likeness (QED) is 0.662. The minimum absolute atomic E-state index is 0.101. The highest BCUT2D eigenvalue weighted by Crippen LogP contribution is 2.40. The standard InChI is InChI=1S/C17H18N2O4S/c1-24(22,23)16-9-5-8-15(17(16)19(20)21)18-14-10-13(11-14)12-6-3-2-4-7-12/h2-9,13-14,18H,10-11H2,1H3. The first-order valence-electron chi connectivity index (χ1n) is 7.65. The van der Waals surface area contributed by atoms with Crippen LogP contribution in [0.4, 0.5) is 11.4 Å². The first kappa shape index (κ1) is 16.4. The van der Waals surface area contributed by atoms with Crippen LogP contribution in [0.2, 0.25) is 0 Å². The normalized spacial score (nSPS) is 20.2. The summed E-state index contributed by atoms with van der Waals surface area (Å²) in [5.74, 6) is 0.431. The fraction of sp³-hybridized carbons (Fsp3) is 0.294. The lowest BCUT2D eigenvalue weighted by Crippen LogP contribution is -2.34. The number of benzene rings is 2. The second-order valence-electron chi connectivity index (χ2n) is 6.10. The van der Waals surface area contributed by atoms with E-state index in [0.29, 0.717) is 5.92 Å². The molecule has 0 aliphatic heterocycles. The number of sulfone groups is 1. The summed E-state index contributed by atoms with van der Waals surface area (Å²) >= 11 is 0. The predicted molar refractivity (Wildman–Crippen MR) is 92.0 cm³/mol. The maximum absolute atomic E-state index is 11.8. The molecule has 0 aromatic heterocycles. The second kappa shape index (κ2) is 6.24. The highest BCUT2D eigenvalue weighted by molar-refractivity contribution is 7.90. The number of anilines is 1. The van der Waals surface area contributed by atoms with Crippen molar-refractivity contribution in [1.82, 2.24) is 0 Å². The van der Waals surface area contributed by atoms with Gasteiger partial charge in [-0.15, -0.1) is 0 Å². The van der Waals surface area contributed by atoms with Crippen molar-refractivity contribution in [3.63, 3.8) is 0 Å². The first-order valence-corrected chi connectivity index (χ1v) is 9.54. The van der Waals surface area contributed by atoms with Crippen LogP contribution in [0, 0.1) is 10.1 Å². The third kappa shape index (κ3) is 3.26. The monoisotopic (exact) mass is 346 g/mol. The van der Waals surface area contributed by atoms with Gasteiger partial charge in [0.15, 0.2) is 9.84 Å². The van der Waals surface area contributed by atoms with E-state index in [0.717, 1.165) is 19.1 Å². The van der Waals surface area contributed by atoms with Crippen molar-refractivity contribution in [3.8, 4) is 0 Å². The molecule has 6 nitrogen and oxygen atoms in total. The van der Waals surface area contributed by atoms with E-state index >= 15 is 0 Å². The zero-order valence-electron chi connectivity index (χ0n) is 13.2. The minimum atomic E-state index is -3.66. The van der Waals surface area contributed by atoms with Crippen molar-refractivity contribution >= 4 is 21.2 Å². The summed E-state index contributed by atoms with van der Waals surface area (Å²) in [5.41, 5.74) is 1.15. The molecule has 126 valence electrons. The Hall–Kier alpha value is -2.41. The Morgan fingerprint density at radius 3 is 2.33 bits per heavy atom. The molecule has 2 aromatic carbocycles. The zero-order chi connectivity index (χ0) is 17.3. The third-order valence-corrected chi connectivity index (χ3v) is 5.48. The van der Waals surface area contributed by atoms with E-state index in [9.17, 15) is 18.5 Å². The molecule has 7 heteroatoms. The van der Waals surface area contributed by atoms with Crippen molar-refractivity contribution in [3.05, 3.63) is 64.2 Å². The molecule has 0 spiro atoms. The van der Waals surface area contributed by atoms with Crippen molar-refractivity contribution in [2.45, 2.75) is 29.7 Å². The first-order chi connectivity index (χ1) is 11.4. The number of nitrogens with one attached hydrogen (secondary N) is 1. The van der Waals surface area contributed by atoms with Crippen LogP contribution in [0.15, 0.2) is 53.4 Å². The van der Waals surface area contributed by atoms with E-state index < -0.39 is 14.8 Å². The lowest BCUT2D eigenvalue weighted by molar-refractivity contribution is -0.386. The van der Waals surface area contributed by atoms with Gasteiger partial charge in [-0.25, -0.2) is 8.42 Å². The summed E-state index contributed by atoms with van der Waals surface area (Å²) < 4.78 is 23.6. The van der Waals surface area contributed by atoms with Gasteiger partial charge in [0.05, 0.1) is 4.92 Å².